The molecule has 2 unspecified atom stereocenters. The number of nitrogen functional groups attached to an aromatic ring is 1. The van der Waals surface area contributed by atoms with Crippen molar-refractivity contribution in [3.63, 3.8) is 0 Å². The van der Waals surface area contributed by atoms with Crippen LogP contribution in [0.3, 0.4) is 0 Å². The molecule has 2 bridgehead atoms. The Kier molecular flexibility index (Phi) is 2.63. The van der Waals surface area contributed by atoms with Crippen LogP contribution in [0.2, 0.25) is 0 Å². The lowest BCUT2D eigenvalue weighted by molar-refractivity contribution is 0.178. The molecular formula is C12H18N4O. The number of piperidine rings is 1. The highest BCUT2D eigenvalue weighted by atomic mass is 16.5. The average Bonchev–Trinajstić information content (AvgIpc) is 2.90. The Labute approximate surface area is 101 Å². The van der Waals surface area contributed by atoms with E-state index < -0.39 is 0 Å². The first kappa shape index (κ1) is 10.8. The number of ether oxygens (including phenoxy) is 1. The lowest BCUT2D eigenvalue weighted by Gasteiger charge is -2.28. The van der Waals surface area contributed by atoms with Crippen LogP contribution in [0, 0.1) is 5.92 Å². The van der Waals surface area contributed by atoms with E-state index in [0.717, 1.165) is 18.3 Å². The van der Waals surface area contributed by atoms with Crippen LogP contribution in [0.1, 0.15) is 25.1 Å². The minimum Gasteiger partial charge on any atom is -0.384 e. The summed E-state index contributed by atoms with van der Waals surface area (Å²) in [5, 5.41) is 0. The molecular weight excluding hydrogens is 216 g/mol. The molecule has 1 aliphatic carbocycles. The first-order chi connectivity index (χ1) is 8.26. The van der Waals surface area contributed by atoms with Gasteiger partial charge in [-0.25, -0.2) is 9.97 Å². The van der Waals surface area contributed by atoms with Gasteiger partial charge in [-0.1, -0.05) is 0 Å². The summed E-state index contributed by atoms with van der Waals surface area (Å²) in [6.07, 6.45) is 3.96. The third kappa shape index (κ3) is 1.95. The predicted molar refractivity (Wildman–Crippen MR) is 65.6 cm³/mol. The number of aromatic nitrogens is 2. The largest absolute Gasteiger partial charge is 0.384 e. The van der Waals surface area contributed by atoms with Crippen LogP contribution in [0.15, 0.2) is 6.07 Å². The van der Waals surface area contributed by atoms with E-state index in [2.05, 4.69) is 14.9 Å². The highest BCUT2D eigenvalue weighted by Crippen LogP contribution is 2.39. The van der Waals surface area contributed by atoms with Gasteiger partial charge in [-0.05, 0) is 25.2 Å². The molecule has 2 fully saturated rings. The van der Waals surface area contributed by atoms with Crippen LogP contribution in [0.4, 0.5) is 11.6 Å². The number of fused-ring (bicyclic) bond motifs is 2. The molecule has 0 radical (unpaired) electrons. The topological polar surface area (TPSA) is 64.3 Å². The molecule has 2 heterocycles. The van der Waals surface area contributed by atoms with E-state index in [1.807, 2.05) is 6.07 Å². The van der Waals surface area contributed by atoms with Gasteiger partial charge in [0.15, 0.2) is 5.82 Å². The predicted octanol–water partition coefficient (Wildman–Crippen LogP) is 1.19. The van der Waals surface area contributed by atoms with Crippen molar-refractivity contribution in [1.82, 2.24) is 9.97 Å². The van der Waals surface area contributed by atoms with Gasteiger partial charge in [-0.15, -0.1) is 0 Å². The second kappa shape index (κ2) is 4.14. The van der Waals surface area contributed by atoms with Gasteiger partial charge in [-0.3, -0.25) is 0 Å². The van der Waals surface area contributed by atoms with Crippen LogP contribution in [-0.2, 0) is 11.3 Å². The first-order valence-corrected chi connectivity index (χ1v) is 6.15. The summed E-state index contributed by atoms with van der Waals surface area (Å²) in [7, 11) is 1.64. The first-order valence-electron chi connectivity index (χ1n) is 6.15. The molecule has 1 aromatic rings. The van der Waals surface area contributed by atoms with Crippen molar-refractivity contribution >= 4 is 11.6 Å². The van der Waals surface area contributed by atoms with Gasteiger partial charge < -0.3 is 15.4 Å². The molecule has 1 aliphatic heterocycles. The van der Waals surface area contributed by atoms with Crippen molar-refractivity contribution in [2.45, 2.75) is 31.9 Å². The van der Waals surface area contributed by atoms with Crippen LogP contribution >= 0.6 is 0 Å². The van der Waals surface area contributed by atoms with E-state index >= 15 is 0 Å². The number of nitrogens with two attached hydrogens (primary N) is 1. The number of anilines is 2. The molecule has 17 heavy (non-hydrogen) atoms. The summed E-state index contributed by atoms with van der Waals surface area (Å²) in [5.74, 6) is 3.02. The van der Waals surface area contributed by atoms with E-state index in [0.29, 0.717) is 24.3 Å². The molecule has 3 rings (SSSR count). The van der Waals surface area contributed by atoms with Crippen molar-refractivity contribution in [1.29, 1.82) is 0 Å². The number of nitrogens with zero attached hydrogens (tertiary/aromatic N) is 3. The molecule has 1 saturated heterocycles. The second-order valence-corrected chi connectivity index (χ2v) is 4.99. The van der Waals surface area contributed by atoms with E-state index in [9.17, 15) is 0 Å². The zero-order valence-corrected chi connectivity index (χ0v) is 10.1. The Bertz CT molecular complexity index is 423. The summed E-state index contributed by atoms with van der Waals surface area (Å²) in [5.41, 5.74) is 5.82. The summed E-state index contributed by atoms with van der Waals surface area (Å²) >= 11 is 0. The van der Waals surface area contributed by atoms with Crippen molar-refractivity contribution in [3.05, 3.63) is 11.9 Å². The van der Waals surface area contributed by atoms with Crippen LogP contribution in [-0.4, -0.2) is 29.7 Å². The monoisotopic (exact) mass is 234 g/mol. The van der Waals surface area contributed by atoms with E-state index in [1.165, 1.54) is 19.3 Å². The molecule has 2 aliphatic rings. The minimum absolute atomic E-state index is 0.417. The highest BCUT2D eigenvalue weighted by Gasteiger charge is 2.38. The molecule has 0 amide bonds. The average molecular weight is 234 g/mol. The minimum atomic E-state index is 0.417. The molecule has 2 atom stereocenters. The van der Waals surface area contributed by atoms with Gasteiger partial charge in [-0.2, -0.15) is 0 Å². The van der Waals surface area contributed by atoms with Gasteiger partial charge in [0.25, 0.3) is 0 Å². The van der Waals surface area contributed by atoms with E-state index in [-0.39, 0.29) is 0 Å². The van der Waals surface area contributed by atoms with Crippen molar-refractivity contribution in [3.8, 4) is 0 Å². The molecule has 1 aromatic heterocycles. The Morgan fingerprint density at radius 3 is 3.00 bits per heavy atom. The van der Waals surface area contributed by atoms with Gasteiger partial charge in [0.2, 0.25) is 0 Å². The van der Waals surface area contributed by atoms with Crippen molar-refractivity contribution < 1.29 is 4.74 Å². The number of rotatable bonds is 3. The van der Waals surface area contributed by atoms with Crippen LogP contribution < -0.4 is 10.6 Å². The Hall–Kier alpha value is -1.36. The smallest absolute Gasteiger partial charge is 0.158 e. The maximum atomic E-state index is 5.82. The molecule has 5 heteroatoms. The zero-order valence-electron chi connectivity index (χ0n) is 10.1. The lowest BCUT2D eigenvalue weighted by Crippen LogP contribution is -2.33. The molecule has 0 aromatic carbocycles. The third-order valence-electron chi connectivity index (χ3n) is 3.76. The molecule has 0 spiro atoms. The quantitative estimate of drug-likeness (QED) is 0.851. The summed E-state index contributed by atoms with van der Waals surface area (Å²) in [6, 6.07) is 2.53. The molecule has 92 valence electrons. The number of hydrogen-bond donors (Lipinski definition) is 1. The fourth-order valence-corrected chi connectivity index (χ4v) is 3.05. The summed E-state index contributed by atoms with van der Waals surface area (Å²) < 4.78 is 5.06. The molecule has 1 saturated carbocycles. The van der Waals surface area contributed by atoms with Crippen molar-refractivity contribution in [2.75, 3.05) is 24.3 Å². The standard InChI is InChI=1S/C12H18N4O/c1-17-7-11-14-10(13)5-12(15-11)16-6-8-2-3-9(16)4-8/h5,8-9H,2-4,6-7H2,1H3,(H2,13,14,15). The fourth-order valence-electron chi connectivity index (χ4n) is 3.05. The van der Waals surface area contributed by atoms with Gasteiger partial charge in [0.1, 0.15) is 18.2 Å². The number of hydrogen-bond acceptors (Lipinski definition) is 5. The SMILES string of the molecule is COCc1nc(N)cc(N2CC3CCC2C3)n1. The lowest BCUT2D eigenvalue weighted by atomic mass is 10.1. The molecule has 5 nitrogen and oxygen atoms in total. The summed E-state index contributed by atoms with van der Waals surface area (Å²) in [4.78, 5) is 11.1. The Morgan fingerprint density at radius 1 is 1.47 bits per heavy atom. The van der Waals surface area contributed by atoms with Crippen LogP contribution in [0.5, 0.6) is 0 Å². The highest BCUT2D eigenvalue weighted by molar-refractivity contribution is 5.49. The Morgan fingerprint density at radius 2 is 2.35 bits per heavy atom. The van der Waals surface area contributed by atoms with Gasteiger partial charge in [0, 0.05) is 25.8 Å². The van der Waals surface area contributed by atoms with Gasteiger partial charge in [0.05, 0.1) is 0 Å². The van der Waals surface area contributed by atoms with Crippen LogP contribution in [0.25, 0.3) is 0 Å². The number of methoxy groups -OCH3 is 1. The normalized spacial score (nSPS) is 26.8. The maximum Gasteiger partial charge on any atom is 0.158 e. The third-order valence-corrected chi connectivity index (χ3v) is 3.76. The summed E-state index contributed by atoms with van der Waals surface area (Å²) in [6.45, 7) is 1.54. The van der Waals surface area contributed by atoms with E-state index in [4.69, 9.17) is 10.5 Å². The second-order valence-electron chi connectivity index (χ2n) is 4.99. The Balaban J connectivity index is 1.87. The molecule has 2 N–H and O–H groups in total. The van der Waals surface area contributed by atoms with Gasteiger partial charge >= 0.3 is 0 Å². The maximum absolute atomic E-state index is 5.82. The van der Waals surface area contributed by atoms with Crippen molar-refractivity contribution in [2.24, 2.45) is 5.92 Å². The fraction of sp³-hybridized carbons (Fsp3) is 0.667. The van der Waals surface area contributed by atoms with E-state index in [1.54, 1.807) is 7.11 Å². The zero-order chi connectivity index (χ0) is 11.8.